The third-order valence-corrected chi connectivity index (χ3v) is 7.80. The highest BCUT2D eigenvalue weighted by Gasteiger charge is 2.29. The number of piperidine rings is 1. The van der Waals surface area contributed by atoms with Gasteiger partial charge in [0.2, 0.25) is 10.0 Å². The van der Waals surface area contributed by atoms with Crippen molar-refractivity contribution in [1.29, 1.82) is 0 Å². The molecule has 1 heterocycles. The molecule has 0 spiro atoms. The third kappa shape index (κ3) is 5.81. The molecule has 0 saturated carbocycles. The molecule has 2 N–H and O–H groups in total. The Bertz CT molecular complexity index is 940. The summed E-state index contributed by atoms with van der Waals surface area (Å²) < 4.78 is 27.9. The Balaban J connectivity index is 1.42. The molecule has 2 aromatic rings. The number of hydrogen-bond donors (Lipinski definition) is 2. The van der Waals surface area contributed by atoms with Gasteiger partial charge in [-0.3, -0.25) is 0 Å². The second-order valence-electron chi connectivity index (χ2n) is 7.31. The van der Waals surface area contributed by atoms with Crippen LogP contribution < -0.4 is 10.6 Å². The molecule has 0 bridgehead atoms. The third-order valence-electron chi connectivity index (χ3n) is 5.19. The predicted octanol–water partition coefficient (Wildman–Crippen LogP) is 4.37. The SMILES string of the molecule is Cc1ccc(S(=O)(=O)N2CCC(CCNC(=O)Nc3ccccc3Br)CC2)cc1. The Morgan fingerprint density at radius 2 is 1.76 bits per heavy atom. The van der Waals surface area contributed by atoms with Crippen LogP contribution in [-0.2, 0) is 10.0 Å². The number of rotatable bonds is 6. The first-order chi connectivity index (χ1) is 13.9. The summed E-state index contributed by atoms with van der Waals surface area (Å²) in [6.45, 7) is 3.54. The van der Waals surface area contributed by atoms with Crippen LogP contribution in [0, 0.1) is 12.8 Å². The maximum Gasteiger partial charge on any atom is 0.319 e. The van der Waals surface area contributed by atoms with Crippen molar-refractivity contribution in [2.75, 3.05) is 25.0 Å². The van der Waals surface area contributed by atoms with Crippen LogP contribution in [0.5, 0.6) is 0 Å². The highest BCUT2D eigenvalue weighted by atomic mass is 79.9. The Kier molecular flexibility index (Phi) is 7.32. The lowest BCUT2D eigenvalue weighted by Gasteiger charge is -2.31. The van der Waals surface area contributed by atoms with E-state index in [1.165, 1.54) is 0 Å². The van der Waals surface area contributed by atoms with Gasteiger partial charge < -0.3 is 10.6 Å². The quantitative estimate of drug-likeness (QED) is 0.645. The van der Waals surface area contributed by atoms with Crippen LogP contribution in [0.25, 0.3) is 0 Å². The number of nitrogens with one attached hydrogen (secondary N) is 2. The summed E-state index contributed by atoms with van der Waals surface area (Å²) in [5, 5.41) is 5.69. The van der Waals surface area contributed by atoms with Crippen LogP contribution >= 0.6 is 15.9 Å². The number of halogens is 1. The van der Waals surface area contributed by atoms with Gasteiger partial charge >= 0.3 is 6.03 Å². The Morgan fingerprint density at radius 1 is 1.10 bits per heavy atom. The van der Waals surface area contributed by atoms with Crippen molar-refractivity contribution in [2.24, 2.45) is 5.92 Å². The molecule has 3 rings (SSSR count). The van der Waals surface area contributed by atoms with Crippen molar-refractivity contribution in [3.63, 3.8) is 0 Å². The van der Waals surface area contributed by atoms with Gasteiger partial charge in [-0.25, -0.2) is 13.2 Å². The molecule has 0 aromatic heterocycles. The summed E-state index contributed by atoms with van der Waals surface area (Å²) in [4.78, 5) is 12.4. The van der Waals surface area contributed by atoms with E-state index in [-0.39, 0.29) is 6.03 Å². The lowest BCUT2D eigenvalue weighted by molar-refractivity contribution is 0.245. The minimum absolute atomic E-state index is 0.240. The van der Waals surface area contributed by atoms with Crippen LogP contribution in [0.3, 0.4) is 0 Å². The summed E-state index contributed by atoms with van der Waals surface area (Å²) in [5.41, 5.74) is 1.76. The number of sulfonamides is 1. The van der Waals surface area contributed by atoms with E-state index in [9.17, 15) is 13.2 Å². The minimum Gasteiger partial charge on any atom is -0.338 e. The van der Waals surface area contributed by atoms with E-state index in [0.717, 1.165) is 35.0 Å². The van der Waals surface area contributed by atoms with Gasteiger partial charge in [-0.05, 0) is 72.3 Å². The van der Waals surface area contributed by atoms with Gasteiger partial charge in [-0.15, -0.1) is 0 Å². The van der Waals surface area contributed by atoms with Crippen molar-refractivity contribution >= 4 is 37.7 Å². The smallest absolute Gasteiger partial charge is 0.319 e. The number of carbonyl (C=O) groups is 1. The molecule has 29 heavy (non-hydrogen) atoms. The van der Waals surface area contributed by atoms with Crippen molar-refractivity contribution < 1.29 is 13.2 Å². The second kappa shape index (κ2) is 9.73. The maximum absolute atomic E-state index is 12.8. The number of para-hydroxylation sites is 1. The first kappa shape index (κ1) is 21.8. The fourth-order valence-electron chi connectivity index (χ4n) is 3.42. The molecule has 156 valence electrons. The van der Waals surface area contributed by atoms with Gasteiger partial charge in [0.15, 0.2) is 0 Å². The standard InChI is InChI=1S/C21H26BrN3O3S/c1-16-6-8-18(9-7-16)29(27,28)25-14-11-17(12-15-25)10-13-23-21(26)24-20-5-3-2-4-19(20)22/h2-9,17H,10-15H2,1H3,(H2,23,24,26). The largest absolute Gasteiger partial charge is 0.338 e. The lowest BCUT2D eigenvalue weighted by atomic mass is 9.95. The monoisotopic (exact) mass is 479 g/mol. The summed E-state index contributed by atoms with van der Waals surface area (Å²) in [6, 6.07) is 14.2. The van der Waals surface area contributed by atoms with Crippen LogP contribution in [0.2, 0.25) is 0 Å². The summed E-state index contributed by atoms with van der Waals surface area (Å²) in [5.74, 6) is 0.406. The average Bonchev–Trinajstić information content (AvgIpc) is 2.70. The number of anilines is 1. The summed E-state index contributed by atoms with van der Waals surface area (Å²) in [6.07, 6.45) is 2.44. The Labute approximate surface area is 180 Å². The highest BCUT2D eigenvalue weighted by molar-refractivity contribution is 9.10. The first-order valence-electron chi connectivity index (χ1n) is 9.72. The van der Waals surface area contributed by atoms with Crippen LogP contribution in [-0.4, -0.2) is 38.4 Å². The molecule has 2 amide bonds. The van der Waals surface area contributed by atoms with E-state index >= 15 is 0 Å². The molecule has 0 aliphatic carbocycles. The van der Waals surface area contributed by atoms with Crippen LogP contribution in [0.15, 0.2) is 57.9 Å². The van der Waals surface area contributed by atoms with Gasteiger partial charge in [0, 0.05) is 24.1 Å². The highest BCUT2D eigenvalue weighted by Crippen LogP contribution is 2.26. The predicted molar refractivity (Wildman–Crippen MR) is 118 cm³/mol. The second-order valence-corrected chi connectivity index (χ2v) is 10.1. The normalized spacial score (nSPS) is 15.8. The molecule has 1 aliphatic heterocycles. The maximum atomic E-state index is 12.8. The molecule has 8 heteroatoms. The van der Waals surface area contributed by atoms with Gasteiger partial charge in [-0.1, -0.05) is 29.8 Å². The van der Waals surface area contributed by atoms with Crippen molar-refractivity contribution in [3.05, 3.63) is 58.6 Å². The van der Waals surface area contributed by atoms with Gasteiger partial charge in [-0.2, -0.15) is 4.31 Å². The van der Waals surface area contributed by atoms with Gasteiger partial charge in [0.05, 0.1) is 10.6 Å². The first-order valence-corrected chi connectivity index (χ1v) is 12.0. The topological polar surface area (TPSA) is 78.5 Å². The zero-order valence-electron chi connectivity index (χ0n) is 16.4. The number of nitrogens with zero attached hydrogens (tertiary/aromatic N) is 1. The summed E-state index contributed by atoms with van der Waals surface area (Å²) >= 11 is 3.40. The van der Waals surface area contributed by atoms with E-state index < -0.39 is 10.0 Å². The van der Waals surface area contributed by atoms with E-state index in [1.54, 1.807) is 16.4 Å². The number of benzene rings is 2. The molecule has 0 unspecified atom stereocenters. The van der Waals surface area contributed by atoms with Crippen molar-refractivity contribution in [2.45, 2.75) is 31.1 Å². The molecule has 0 radical (unpaired) electrons. The number of aryl methyl sites for hydroxylation is 1. The fraction of sp³-hybridized carbons (Fsp3) is 0.381. The zero-order chi connectivity index (χ0) is 20.9. The molecule has 1 saturated heterocycles. The van der Waals surface area contributed by atoms with Crippen molar-refractivity contribution in [3.8, 4) is 0 Å². The Hall–Kier alpha value is -1.90. The molecule has 0 atom stereocenters. The zero-order valence-corrected chi connectivity index (χ0v) is 18.8. The molecule has 1 fully saturated rings. The lowest BCUT2D eigenvalue weighted by Crippen LogP contribution is -2.39. The van der Waals surface area contributed by atoms with Crippen LogP contribution in [0.4, 0.5) is 10.5 Å². The summed E-state index contributed by atoms with van der Waals surface area (Å²) in [7, 11) is -3.43. The molecule has 6 nitrogen and oxygen atoms in total. The number of hydrogen-bond acceptors (Lipinski definition) is 3. The van der Waals surface area contributed by atoms with E-state index in [4.69, 9.17) is 0 Å². The Morgan fingerprint density at radius 3 is 2.41 bits per heavy atom. The van der Waals surface area contributed by atoms with E-state index in [2.05, 4.69) is 26.6 Å². The van der Waals surface area contributed by atoms with Gasteiger partial charge in [0.25, 0.3) is 0 Å². The van der Waals surface area contributed by atoms with Gasteiger partial charge in [0.1, 0.15) is 0 Å². The van der Waals surface area contributed by atoms with Crippen LogP contribution in [0.1, 0.15) is 24.8 Å². The average molecular weight is 480 g/mol. The van der Waals surface area contributed by atoms with E-state index in [0.29, 0.717) is 30.4 Å². The molecule has 1 aliphatic rings. The molecule has 2 aromatic carbocycles. The number of urea groups is 1. The molecular weight excluding hydrogens is 454 g/mol. The number of amides is 2. The fourth-order valence-corrected chi connectivity index (χ4v) is 5.27. The minimum atomic E-state index is -3.43. The number of carbonyl (C=O) groups excluding carboxylic acids is 1. The van der Waals surface area contributed by atoms with Crippen molar-refractivity contribution in [1.82, 2.24) is 9.62 Å². The molecular formula is C21H26BrN3O3S. The van der Waals surface area contributed by atoms with E-state index in [1.807, 2.05) is 43.3 Å².